The van der Waals surface area contributed by atoms with Gasteiger partial charge in [0.1, 0.15) is 5.60 Å². The van der Waals surface area contributed by atoms with Crippen LogP contribution in [0.2, 0.25) is 0 Å². The molecule has 2 aromatic rings. The summed E-state index contributed by atoms with van der Waals surface area (Å²) in [4.78, 5) is 23.3. The minimum Gasteiger partial charge on any atom is -0.481 e. The third kappa shape index (κ3) is 5.76. The van der Waals surface area contributed by atoms with E-state index in [0.717, 1.165) is 0 Å². The Balaban J connectivity index is 2.27. The lowest BCUT2D eigenvalue weighted by Gasteiger charge is -2.23. The zero-order valence-corrected chi connectivity index (χ0v) is 15.1. The number of nitrogens with one attached hydrogen (secondary N) is 1. The largest absolute Gasteiger partial charge is 0.481 e. The number of rotatable bonds is 5. The Kier molecular flexibility index (Phi) is 5.81. The second-order valence-electron chi connectivity index (χ2n) is 6.69. The molecule has 0 aliphatic heterocycles. The number of carboxylic acid groups (broad SMARTS) is 1. The molecule has 0 saturated carbocycles. The molecule has 1 heterocycles. The minimum absolute atomic E-state index is 0.298. The van der Waals surface area contributed by atoms with Gasteiger partial charge in [-0.3, -0.25) is 4.79 Å². The van der Waals surface area contributed by atoms with E-state index in [9.17, 15) is 14.7 Å². The van der Waals surface area contributed by atoms with Crippen molar-refractivity contribution < 1.29 is 19.4 Å². The van der Waals surface area contributed by atoms with Crippen LogP contribution >= 0.6 is 0 Å². The van der Waals surface area contributed by atoms with Crippen molar-refractivity contribution in [3.05, 3.63) is 35.7 Å². The normalized spacial score (nSPS) is 12.3. The lowest BCUT2D eigenvalue weighted by molar-refractivity contribution is -0.137. The molecule has 0 unspecified atom stereocenters. The number of nitrogens with zero attached hydrogens (tertiary/aromatic N) is 4. The van der Waals surface area contributed by atoms with Gasteiger partial charge in [0.05, 0.1) is 12.5 Å². The summed E-state index contributed by atoms with van der Waals surface area (Å²) in [5, 5.41) is 27.4. The van der Waals surface area contributed by atoms with Crippen molar-refractivity contribution in [1.82, 2.24) is 25.7 Å². The Morgan fingerprint density at radius 1 is 1.19 bits per heavy atom. The lowest BCUT2D eigenvalue weighted by atomic mass is 10.0. The summed E-state index contributed by atoms with van der Waals surface area (Å²) in [6.45, 7) is 6.87. The van der Waals surface area contributed by atoms with Crippen molar-refractivity contribution in [3.8, 4) is 11.4 Å². The number of amides is 1. The maximum absolute atomic E-state index is 12.0. The number of carbonyl (C=O) groups is 2. The van der Waals surface area contributed by atoms with E-state index in [4.69, 9.17) is 4.74 Å². The highest BCUT2D eigenvalue weighted by atomic mass is 16.6. The molecule has 9 heteroatoms. The summed E-state index contributed by atoms with van der Waals surface area (Å²) in [7, 11) is 0. The van der Waals surface area contributed by atoms with E-state index >= 15 is 0 Å². The second-order valence-corrected chi connectivity index (χ2v) is 6.69. The summed E-state index contributed by atoms with van der Waals surface area (Å²) in [6.07, 6.45) is -0.988. The minimum atomic E-state index is -1.05. The molecule has 1 aromatic heterocycles. The molecule has 0 radical (unpaired) electrons. The number of hydrogen-bond donors (Lipinski definition) is 2. The van der Waals surface area contributed by atoms with Crippen LogP contribution in [0.3, 0.4) is 0 Å². The fraction of sp³-hybridized carbons (Fsp3) is 0.412. The number of ether oxygens (including phenoxy) is 1. The summed E-state index contributed by atoms with van der Waals surface area (Å²) < 4.78 is 5.21. The molecule has 0 spiro atoms. The lowest BCUT2D eigenvalue weighted by Crippen LogP contribution is -2.35. The van der Waals surface area contributed by atoms with E-state index in [1.165, 1.54) is 0 Å². The molecule has 1 atom stereocenters. The van der Waals surface area contributed by atoms with E-state index in [1.807, 2.05) is 0 Å². The molecule has 1 amide bonds. The van der Waals surface area contributed by atoms with E-state index in [1.54, 1.807) is 52.0 Å². The zero-order chi connectivity index (χ0) is 19.3. The van der Waals surface area contributed by atoms with Gasteiger partial charge in [-0.15, -0.1) is 20.4 Å². The highest BCUT2D eigenvalue weighted by Crippen LogP contribution is 2.23. The van der Waals surface area contributed by atoms with Crippen LogP contribution in [0.5, 0.6) is 0 Å². The Hall–Kier alpha value is -3.10. The maximum Gasteiger partial charge on any atom is 0.408 e. The van der Waals surface area contributed by atoms with Gasteiger partial charge in [0.2, 0.25) is 5.82 Å². The van der Waals surface area contributed by atoms with Gasteiger partial charge < -0.3 is 15.2 Å². The monoisotopic (exact) mass is 359 g/mol. The summed E-state index contributed by atoms with van der Waals surface area (Å²) in [6, 6.07) is 6.11. The Labute approximate surface area is 150 Å². The summed E-state index contributed by atoms with van der Waals surface area (Å²) in [5.74, 6) is -0.296. The van der Waals surface area contributed by atoms with Gasteiger partial charge in [-0.1, -0.05) is 18.2 Å². The Morgan fingerprint density at radius 3 is 2.42 bits per heavy atom. The van der Waals surface area contributed by atoms with Crippen molar-refractivity contribution in [1.29, 1.82) is 0 Å². The number of carboxylic acids is 1. The van der Waals surface area contributed by atoms with Crippen LogP contribution in [-0.2, 0) is 9.53 Å². The van der Waals surface area contributed by atoms with E-state index in [0.29, 0.717) is 22.8 Å². The molecule has 2 rings (SSSR count). The number of alkyl carbamates (subject to hydrolysis) is 1. The second kappa shape index (κ2) is 7.85. The fourth-order valence-corrected chi connectivity index (χ4v) is 2.17. The predicted octanol–water partition coefficient (Wildman–Crippen LogP) is 2.28. The van der Waals surface area contributed by atoms with Crippen LogP contribution in [0.1, 0.15) is 44.6 Å². The topological polar surface area (TPSA) is 127 Å². The average molecular weight is 359 g/mol. The summed E-state index contributed by atoms with van der Waals surface area (Å²) >= 11 is 0. The molecular formula is C17H21N5O4. The van der Waals surface area contributed by atoms with Crippen LogP contribution in [0.4, 0.5) is 4.79 Å². The van der Waals surface area contributed by atoms with Crippen molar-refractivity contribution in [3.63, 3.8) is 0 Å². The molecule has 2 N–H and O–H groups in total. The SMILES string of the molecule is Cc1nnc(-c2cccc([C@@H](CC(=O)O)NC(=O)OC(C)(C)C)c2)nn1. The van der Waals surface area contributed by atoms with Crippen molar-refractivity contribution >= 4 is 12.1 Å². The molecule has 0 aliphatic rings. The van der Waals surface area contributed by atoms with Crippen LogP contribution in [0, 0.1) is 6.92 Å². The van der Waals surface area contributed by atoms with Gasteiger partial charge in [-0.25, -0.2) is 4.79 Å². The average Bonchev–Trinajstić information content (AvgIpc) is 2.53. The third-order valence-electron chi connectivity index (χ3n) is 3.20. The van der Waals surface area contributed by atoms with Crippen LogP contribution in [0.25, 0.3) is 11.4 Å². The van der Waals surface area contributed by atoms with Crippen molar-refractivity contribution in [2.24, 2.45) is 0 Å². The maximum atomic E-state index is 12.0. The molecule has 0 bridgehead atoms. The fourth-order valence-electron chi connectivity index (χ4n) is 2.17. The van der Waals surface area contributed by atoms with Gasteiger partial charge in [-0.05, 0) is 39.3 Å². The first kappa shape index (κ1) is 19.2. The van der Waals surface area contributed by atoms with Crippen molar-refractivity contribution in [2.45, 2.75) is 45.8 Å². The van der Waals surface area contributed by atoms with Crippen LogP contribution < -0.4 is 5.32 Å². The number of aromatic nitrogens is 4. The molecule has 26 heavy (non-hydrogen) atoms. The van der Waals surface area contributed by atoms with Crippen LogP contribution in [0.15, 0.2) is 24.3 Å². The van der Waals surface area contributed by atoms with Gasteiger partial charge >= 0.3 is 12.1 Å². The first-order valence-electron chi connectivity index (χ1n) is 8.00. The van der Waals surface area contributed by atoms with Gasteiger partial charge in [0.25, 0.3) is 0 Å². The van der Waals surface area contributed by atoms with E-state index < -0.39 is 23.7 Å². The first-order valence-corrected chi connectivity index (χ1v) is 8.00. The zero-order valence-electron chi connectivity index (χ0n) is 15.1. The predicted molar refractivity (Wildman–Crippen MR) is 92.2 cm³/mol. The molecule has 1 aromatic carbocycles. The molecule has 9 nitrogen and oxygen atoms in total. The molecular weight excluding hydrogens is 338 g/mol. The summed E-state index contributed by atoms with van der Waals surface area (Å²) in [5.41, 5.74) is 0.510. The smallest absolute Gasteiger partial charge is 0.408 e. The number of benzene rings is 1. The number of aliphatic carboxylic acids is 1. The molecule has 0 saturated heterocycles. The Morgan fingerprint density at radius 2 is 1.85 bits per heavy atom. The number of aryl methyl sites for hydroxylation is 1. The third-order valence-corrected chi connectivity index (χ3v) is 3.20. The standard InChI is InChI=1S/C17H21N5O4/c1-10-19-21-15(22-20-10)12-7-5-6-11(8-12)13(9-14(23)24)18-16(25)26-17(2,3)4/h5-8,13H,9H2,1-4H3,(H,18,25)(H,23,24)/t13-/m1/s1. The number of hydrogen-bond acceptors (Lipinski definition) is 7. The van der Waals surface area contributed by atoms with Gasteiger partial charge in [-0.2, -0.15) is 0 Å². The molecule has 0 fully saturated rings. The number of carbonyl (C=O) groups excluding carboxylic acids is 1. The van der Waals surface area contributed by atoms with Crippen molar-refractivity contribution in [2.75, 3.05) is 0 Å². The first-order chi connectivity index (χ1) is 12.1. The van der Waals surface area contributed by atoms with Crippen LogP contribution in [-0.4, -0.2) is 43.2 Å². The quantitative estimate of drug-likeness (QED) is 0.832. The van der Waals surface area contributed by atoms with E-state index in [-0.39, 0.29) is 6.42 Å². The Bertz CT molecular complexity index is 786. The van der Waals surface area contributed by atoms with Gasteiger partial charge in [0.15, 0.2) is 5.82 Å². The van der Waals surface area contributed by atoms with E-state index in [2.05, 4.69) is 25.7 Å². The molecule has 138 valence electrons. The van der Waals surface area contributed by atoms with Gasteiger partial charge in [0, 0.05) is 5.56 Å². The highest BCUT2D eigenvalue weighted by molar-refractivity contribution is 5.72. The highest BCUT2D eigenvalue weighted by Gasteiger charge is 2.23. The molecule has 0 aliphatic carbocycles.